The lowest BCUT2D eigenvalue weighted by atomic mass is 9.83. The van der Waals surface area contributed by atoms with Gasteiger partial charge in [0.2, 0.25) is 0 Å². The average Bonchev–Trinajstić information content (AvgIpc) is 2.65. The Morgan fingerprint density at radius 3 is 2.37 bits per heavy atom. The maximum absolute atomic E-state index is 11.4. The van der Waals surface area contributed by atoms with E-state index in [1.54, 1.807) is 0 Å². The summed E-state index contributed by atoms with van der Waals surface area (Å²) in [6, 6.07) is 8.68. The average molecular weight is 260 g/mol. The van der Waals surface area contributed by atoms with Crippen molar-refractivity contribution in [1.82, 2.24) is 0 Å². The topological polar surface area (TPSA) is 37.3 Å². The molecule has 0 bridgehead atoms. The molecule has 1 aliphatic carbocycles. The summed E-state index contributed by atoms with van der Waals surface area (Å²) in [7, 11) is 0. The Kier molecular flexibility index (Phi) is 5.00. The molecule has 2 unspecified atom stereocenters. The van der Waals surface area contributed by atoms with Gasteiger partial charge in [0.15, 0.2) is 0 Å². The summed E-state index contributed by atoms with van der Waals surface area (Å²) < 4.78 is 0. The monoisotopic (exact) mass is 260 g/mol. The lowest BCUT2D eigenvalue weighted by Crippen LogP contribution is -2.24. The Hall–Kier alpha value is -1.31. The van der Waals surface area contributed by atoms with Crippen LogP contribution in [0.2, 0.25) is 0 Å². The number of aliphatic carboxylic acids is 1. The smallest absolute Gasteiger partial charge is 0.306 e. The summed E-state index contributed by atoms with van der Waals surface area (Å²) in [6.07, 6.45) is 7.33. The number of hydrogen-bond acceptors (Lipinski definition) is 1. The largest absolute Gasteiger partial charge is 0.481 e. The normalized spacial score (nSPS) is 23.8. The second-order valence-electron chi connectivity index (χ2n) is 5.72. The standard InChI is InChI=1S/C17H24O2/c1-2-13-8-10-14(11-9-13)12-15-6-4-3-5-7-16(15)17(18)19/h8-11,15-16H,2-7,12H2,1H3,(H,18,19). The molecule has 2 nitrogen and oxygen atoms in total. The third-order valence-electron chi connectivity index (χ3n) is 4.41. The van der Waals surface area contributed by atoms with Crippen LogP contribution < -0.4 is 0 Å². The second kappa shape index (κ2) is 6.74. The van der Waals surface area contributed by atoms with Crippen LogP contribution >= 0.6 is 0 Å². The highest BCUT2D eigenvalue weighted by atomic mass is 16.4. The molecule has 0 spiro atoms. The van der Waals surface area contributed by atoms with Gasteiger partial charge in [0.1, 0.15) is 0 Å². The first-order chi connectivity index (χ1) is 9.20. The first-order valence-electron chi connectivity index (χ1n) is 7.51. The van der Waals surface area contributed by atoms with Crippen molar-refractivity contribution in [2.24, 2.45) is 11.8 Å². The molecule has 1 fully saturated rings. The van der Waals surface area contributed by atoms with Gasteiger partial charge in [0.25, 0.3) is 0 Å². The van der Waals surface area contributed by atoms with Crippen LogP contribution in [0, 0.1) is 11.8 Å². The van der Waals surface area contributed by atoms with Gasteiger partial charge in [-0.2, -0.15) is 0 Å². The maximum Gasteiger partial charge on any atom is 0.306 e. The number of aryl methyl sites for hydroxylation is 1. The van der Waals surface area contributed by atoms with Gasteiger partial charge in [-0.3, -0.25) is 4.79 Å². The zero-order chi connectivity index (χ0) is 13.7. The molecule has 1 N–H and O–H groups in total. The molecular formula is C17H24O2. The highest BCUT2D eigenvalue weighted by Gasteiger charge is 2.29. The zero-order valence-corrected chi connectivity index (χ0v) is 11.8. The minimum Gasteiger partial charge on any atom is -0.481 e. The minimum absolute atomic E-state index is 0.145. The van der Waals surface area contributed by atoms with Crippen LogP contribution in [0.3, 0.4) is 0 Å². The van der Waals surface area contributed by atoms with Crippen LogP contribution in [0.15, 0.2) is 24.3 Å². The van der Waals surface area contributed by atoms with E-state index in [2.05, 4.69) is 31.2 Å². The number of rotatable bonds is 4. The van der Waals surface area contributed by atoms with Crippen LogP contribution in [-0.2, 0) is 17.6 Å². The number of benzene rings is 1. The number of hydrogen-bond donors (Lipinski definition) is 1. The first kappa shape index (κ1) is 14.1. The van der Waals surface area contributed by atoms with Gasteiger partial charge >= 0.3 is 5.97 Å². The quantitative estimate of drug-likeness (QED) is 0.828. The molecule has 0 aromatic heterocycles. The Bertz CT molecular complexity index is 408. The van der Waals surface area contributed by atoms with Gasteiger partial charge in [0.05, 0.1) is 5.92 Å². The molecule has 2 atom stereocenters. The molecule has 1 aromatic rings. The van der Waals surface area contributed by atoms with E-state index in [0.717, 1.165) is 32.1 Å². The molecule has 1 aliphatic rings. The Balaban J connectivity index is 2.06. The SMILES string of the molecule is CCc1ccc(CC2CCCCCC2C(=O)O)cc1. The molecular weight excluding hydrogens is 236 g/mol. The highest BCUT2D eigenvalue weighted by molar-refractivity contribution is 5.70. The molecule has 2 rings (SSSR count). The number of carboxylic acid groups (broad SMARTS) is 1. The fourth-order valence-electron chi connectivity index (χ4n) is 3.17. The van der Waals surface area contributed by atoms with Crippen molar-refractivity contribution in [1.29, 1.82) is 0 Å². The minimum atomic E-state index is -0.600. The van der Waals surface area contributed by atoms with Crippen molar-refractivity contribution in [3.63, 3.8) is 0 Å². The molecule has 0 aliphatic heterocycles. The molecule has 1 saturated carbocycles. The summed E-state index contributed by atoms with van der Waals surface area (Å²) in [4.78, 5) is 11.4. The van der Waals surface area contributed by atoms with Crippen molar-refractivity contribution in [2.75, 3.05) is 0 Å². The molecule has 0 saturated heterocycles. The zero-order valence-electron chi connectivity index (χ0n) is 11.8. The van der Waals surface area contributed by atoms with Crippen molar-refractivity contribution in [3.8, 4) is 0 Å². The third-order valence-corrected chi connectivity index (χ3v) is 4.41. The fraction of sp³-hybridized carbons (Fsp3) is 0.588. The molecule has 19 heavy (non-hydrogen) atoms. The Morgan fingerprint density at radius 1 is 1.11 bits per heavy atom. The predicted molar refractivity (Wildman–Crippen MR) is 77.2 cm³/mol. The van der Waals surface area contributed by atoms with Gasteiger partial charge in [-0.25, -0.2) is 0 Å². The van der Waals surface area contributed by atoms with Crippen LogP contribution in [0.5, 0.6) is 0 Å². The summed E-state index contributed by atoms with van der Waals surface area (Å²) in [5.74, 6) is -0.432. The Labute approximate surface area is 115 Å². The van der Waals surface area contributed by atoms with E-state index in [4.69, 9.17) is 0 Å². The maximum atomic E-state index is 11.4. The second-order valence-corrected chi connectivity index (χ2v) is 5.72. The van der Waals surface area contributed by atoms with Crippen LogP contribution in [0.25, 0.3) is 0 Å². The lowest BCUT2D eigenvalue weighted by molar-refractivity contribution is -0.143. The van der Waals surface area contributed by atoms with E-state index in [0.29, 0.717) is 5.92 Å². The van der Waals surface area contributed by atoms with Crippen molar-refractivity contribution >= 4 is 5.97 Å². The summed E-state index contributed by atoms with van der Waals surface area (Å²) in [5.41, 5.74) is 2.63. The third kappa shape index (κ3) is 3.82. The van der Waals surface area contributed by atoms with E-state index in [1.165, 1.54) is 24.0 Å². The van der Waals surface area contributed by atoms with Crippen molar-refractivity contribution in [2.45, 2.75) is 51.9 Å². The van der Waals surface area contributed by atoms with Gasteiger partial charge in [-0.05, 0) is 42.7 Å². The Morgan fingerprint density at radius 2 is 1.74 bits per heavy atom. The molecule has 104 valence electrons. The van der Waals surface area contributed by atoms with Crippen LogP contribution in [0.4, 0.5) is 0 Å². The van der Waals surface area contributed by atoms with Gasteiger partial charge < -0.3 is 5.11 Å². The van der Waals surface area contributed by atoms with Crippen molar-refractivity contribution < 1.29 is 9.90 Å². The van der Waals surface area contributed by atoms with E-state index in [9.17, 15) is 9.90 Å². The molecule has 0 radical (unpaired) electrons. The van der Waals surface area contributed by atoms with Gasteiger partial charge in [-0.1, -0.05) is 50.5 Å². The number of carboxylic acids is 1. The van der Waals surface area contributed by atoms with E-state index in [-0.39, 0.29) is 5.92 Å². The van der Waals surface area contributed by atoms with E-state index in [1.807, 2.05) is 0 Å². The van der Waals surface area contributed by atoms with Gasteiger partial charge in [-0.15, -0.1) is 0 Å². The van der Waals surface area contributed by atoms with Crippen molar-refractivity contribution in [3.05, 3.63) is 35.4 Å². The fourth-order valence-corrected chi connectivity index (χ4v) is 3.17. The molecule has 1 aromatic carbocycles. The molecule has 0 amide bonds. The van der Waals surface area contributed by atoms with E-state index >= 15 is 0 Å². The van der Waals surface area contributed by atoms with Crippen LogP contribution in [-0.4, -0.2) is 11.1 Å². The van der Waals surface area contributed by atoms with Crippen LogP contribution in [0.1, 0.15) is 50.2 Å². The molecule has 2 heteroatoms. The summed E-state index contributed by atoms with van der Waals surface area (Å²) >= 11 is 0. The predicted octanol–water partition coefficient (Wildman–Crippen LogP) is 4.07. The number of carbonyl (C=O) groups is 1. The summed E-state index contributed by atoms with van der Waals surface area (Å²) in [6.45, 7) is 2.15. The highest BCUT2D eigenvalue weighted by Crippen LogP contribution is 2.31. The van der Waals surface area contributed by atoms with E-state index < -0.39 is 5.97 Å². The lowest BCUT2D eigenvalue weighted by Gasteiger charge is -2.21. The van der Waals surface area contributed by atoms with Gasteiger partial charge in [0, 0.05) is 0 Å². The first-order valence-corrected chi connectivity index (χ1v) is 7.51. The summed E-state index contributed by atoms with van der Waals surface area (Å²) in [5, 5.41) is 9.39. The molecule has 0 heterocycles.